The highest BCUT2D eigenvalue weighted by molar-refractivity contribution is 6.31. The fraction of sp³-hybridized carbons (Fsp3) is 0.350. The van der Waals surface area contributed by atoms with Crippen molar-refractivity contribution in [1.82, 2.24) is 19.9 Å². The van der Waals surface area contributed by atoms with Gasteiger partial charge in [0, 0.05) is 12.5 Å². The van der Waals surface area contributed by atoms with Gasteiger partial charge in [-0.1, -0.05) is 11.6 Å². The van der Waals surface area contributed by atoms with Crippen LogP contribution in [-0.4, -0.2) is 38.6 Å². The standard InChI is InChI=1S/C20H24ClN7O4.HI/c1-3-27-13-9-11(32-2)6-7-12(13)28(8-4-5-15(29)30)14(27)10-24-20(31)16-18(22)26-19(23)17(21)25-16;/h6-7,9H,3-5,8,10H2,1-2H3,(H5-,22,23,24,26,29,30,31);1H. The van der Waals surface area contributed by atoms with Crippen molar-refractivity contribution in [2.45, 2.75) is 39.4 Å². The molecule has 33 heavy (non-hydrogen) atoms. The van der Waals surface area contributed by atoms with E-state index in [4.69, 9.17) is 32.9 Å². The number of imidazole rings is 1. The molecule has 6 N–H and O–H groups in total. The number of anilines is 2. The van der Waals surface area contributed by atoms with E-state index in [9.17, 15) is 9.59 Å². The van der Waals surface area contributed by atoms with Crippen LogP contribution in [0.25, 0.3) is 11.0 Å². The second-order valence-corrected chi connectivity index (χ2v) is 7.34. The van der Waals surface area contributed by atoms with E-state index >= 15 is 0 Å². The number of benzene rings is 1. The number of aryl methyl sites for hydroxylation is 2. The summed E-state index contributed by atoms with van der Waals surface area (Å²) in [6.07, 6.45) is 0.464. The average molecular weight is 590 g/mol. The van der Waals surface area contributed by atoms with Crippen LogP contribution in [0, 0.1) is 0 Å². The Labute approximate surface area is 212 Å². The van der Waals surface area contributed by atoms with Crippen molar-refractivity contribution in [3.63, 3.8) is 0 Å². The van der Waals surface area contributed by atoms with Gasteiger partial charge in [0.2, 0.25) is 0 Å². The summed E-state index contributed by atoms with van der Waals surface area (Å²) in [5, 5.41) is 11.7. The molecule has 0 saturated carbocycles. The van der Waals surface area contributed by atoms with Crippen LogP contribution < -0.4 is 50.1 Å². The molecule has 0 radical (unpaired) electrons. The van der Waals surface area contributed by atoms with E-state index in [1.54, 1.807) is 7.11 Å². The first-order valence-electron chi connectivity index (χ1n) is 9.94. The minimum atomic E-state index is -0.865. The number of carbonyl (C=O) groups excluding carboxylic acids is 1. The van der Waals surface area contributed by atoms with Crippen LogP contribution in [0.2, 0.25) is 5.15 Å². The van der Waals surface area contributed by atoms with Crippen LogP contribution in [0.1, 0.15) is 36.1 Å². The fourth-order valence-electron chi connectivity index (χ4n) is 3.53. The van der Waals surface area contributed by atoms with Gasteiger partial charge in [-0.3, -0.25) is 9.59 Å². The van der Waals surface area contributed by atoms with Crippen molar-refractivity contribution in [1.29, 1.82) is 0 Å². The number of carbonyl (C=O) groups is 2. The number of nitrogens with one attached hydrogen (secondary N) is 1. The lowest BCUT2D eigenvalue weighted by Gasteiger charge is -2.08. The number of hydrogen-bond donors (Lipinski definition) is 4. The normalized spacial score (nSPS) is 10.6. The molecule has 0 atom stereocenters. The molecule has 3 aromatic rings. The van der Waals surface area contributed by atoms with Gasteiger partial charge < -0.3 is 50.6 Å². The molecule has 0 fully saturated rings. The van der Waals surface area contributed by atoms with Gasteiger partial charge in [0.25, 0.3) is 11.7 Å². The van der Waals surface area contributed by atoms with E-state index in [-0.39, 0.29) is 59.4 Å². The number of nitrogens with zero attached hydrogens (tertiary/aromatic N) is 4. The van der Waals surface area contributed by atoms with Gasteiger partial charge in [0.05, 0.1) is 20.2 Å². The Balaban J connectivity index is 0.00000385. The van der Waals surface area contributed by atoms with Crippen LogP contribution in [0.5, 0.6) is 5.75 Å². The minimum absolute atomic E-state index is 0. The molecule has 1 amide bonds. The van der Waals surface area contributed by atoms with E-state index in [1.165, 1.54) is 0 Å². The number of fused-ring (bicyclic) bond motifs is 1. The van der Waals surface area contributed by atoms with E-state index in [2.05, 4.69) is 15.3 Å². The molecule has 0 saturated heterocycles. The van der Waals surface area contributed by atoms with Crippen molar-refractivity contribution in [2.24, 2.45) is 0 Å². The Bertz CT molecular complexity index is 1190. The number of amides is 1. The SMILES string of the molecule is CCn1c(CNC(=O)c2nc(Cl)c(N)nc2N)[n+](CCCC(=O)O)c2ccc(OC)cc21.[I-]. The van der Waals surface area contributed by atoms with Gasteiger partial charge in [-0.2, -0.15) is 0 Å². The first-order valence-corrected chi connectivity index (χ1v) is 10.3. The molecule has 0 aliphatic carbocycles. The summed E-state index contributed by atoms with van der Waals surface area (Å²) < 4.78 is 9.38. The maximum Gasteiger partial charge on any atom is 0.303 e. The van der Waals surface area contributed by atoms with Crippen molar-refractivity contribution in [3.05, 3.63) is 34.9 Å². The van der Waals surface area contributed by atoms with Gasteiger partial charge >= 0.3 is 5.97 Å². The highest BCUT2D eigenvalue weighted by atomic mass is 127. The number of aliphatic carboxylic acids is 1. The largest absolute Gasteiger partial charge is 1.00 e. The second-order valence-electron chi connectivity index (χ2n) is 6.98. The Kier molecular flexibility index (Phi) is 9.05. The smallest absolute Gasteiger partial charge is 0.303 e. The molecule has 0 spiro atoms. The highest BCUT2D eigenvalue weighted by Crippen LogP contribution is 2.22. The van der Waals surface area contributed by atoms with Gasteiger partial charge in [-0.05, 0) is 25.5 Å². The van der Waals surface area contributed by atoms with Crippen molar-refractivity contribution >= 4 is 46.1 Å². The molecule has 2 heterocycles. The molecule has 0 aliphatic rings. The lowest BCUT2D eigenvalue weighted by Crippen LogP contribution is -3.00. The molecule has 2 aromatic heterocycles. The molecule has 13 heteroatoms. The first kappa shape index (κ1) is 26.4. The van der Waals surface area contributed by atoms with Crippen molar-refractivity contribution in [3.8, 4) is 5.75 Å². The van der Waals surface area contributed by atoms with Gasteiger partial charge in [0.15, 0.2) is 33.5 Å². The maximum absolute atomic E-state index is 12.7. The monoisotopic (exact) mass is 589 g/mol. The number of carboxylic acid groups (broad SMARTS) is 1. The van der Waals surface area contributed by atoms with Crippen molar-refractivity contribution < 1.29 is 48.0 Å². The number of nitrogen functional groups attached to an aromatic ring is 2. The highest BCUT2D eigenvalue weighted by Gasteiger charge is 2.26. The van der Waals surface area contributed by atoms with Crippen molar-refractivity contribution in [2.75, 3.05) is 18.6 Å². The maximum atomic E-state index is 12.7. The Morgan fingerprint density at radius 3 is 2.64 bits per heavy atom. The van der Waals surface area contributed by atoms with E-state index in [0.717, 1.165) is 16.9 Å². The fourth-order valence-corrected chi connectivity index (χ4v) is 3.66. The third kappa shape index (κ3) is 5.74. The zero-order valence-electron chi connectivity index (χ0n) is 18.1. The number of methoxy groups -OCH3 is 1. The zero-order valence-corrected chi connectivity index (χ0v) is 21.1. The van der Waals surface area contributed by atoms with Gasteiger partial charge in [-0.15, -0.1) is 0 Å². The van der Waals surface area contributed by atoms with Crippen LogP contribution in [0.15, 0.2) is 18.2 Å². The summed E-state index contributed by atoms with van der Waals surface area (Å²) in [4.78, 5) is 31.5. The Hall–Kier alpha value is -2.87. The predicted molar refractivity (Wildman–Crippen MR) is 118 cm³/mol. The molecule has 0 aliphatic heterocycles. The Morgan fingerprint density at radius 1 is 1.27 bits per heavy atom. The summed E-state index contributed by atoms with van der Waals surface area (Å²) in [7, 11) is 1.59. The van der Waals surface area contributed by atoms with E-state index < -0.39 is 11.9 Å². The number of nitrogens with two attached hydrogens (primary N) is 2. The molecule has 11 nitrogen and oxygen atoms in total. The summed E-state index contributed by atoms with van der Waals surface area (Å²) in [6.45, 7) is 3.20. The number of hydrogen-bond acceptors (Lipinski definition) is 7. The topological polar surface area (TPSA) is 162 Å². The number of rotatable bonds is 9. The second kappa shape index (κ2) is 11.3. The van der Waals surface area contributed by atoms with Crippen LogP contribution >= 0.6 is 11.6 Å². The predicted octanol–water partition coefficient (Wildman–Crippen LogP) is -1.64. The first-order chi connectivity index (χ1) is 15.3. The number of halogens is 2. The van der Waals surface area contributed by atoms with Crippen LogP contribution in [0.4, 0.5) is 11.6 Å². The third-order valence-corrected chi connectivity index (χ3v) is 5.28. The van der Waals surface area contributed by atoms with Gasteiger partial charge in [0.1, 0.15) is 12.3 Å². The number of carboxylic acids is 1. The number of aromatic nitrogens is 4. The minimum Gasteiger partial charge on any atom is -1.00 e. The summed E-state index contributed by atoms with van der Waals surface area (Å²) in [6, 6.07) is 5.65. The Morgan fingerprint density at radius 2 is 2.00 bits per heavy atom. The molecule has 1 aromatic carbocycles. The third-order valence-electron chi connectivity index (χ3n) is 5.00. The lowest BCUT2D eigenvalue weighted by molar-refractivity contribution is -0.680. The summed E-state index contributed by atoms with van der Waals surface area (Å²) in [5.74, 6) is -0.133. The van der Waals surface area contributed by atoms with Gasteiger partial charge in [-0.25, -0.2) is 19.1 Å². The van der Waals surface area contributed by atoms with Crippen LogP contribution in [0.3, 0.4) is 0 Å². The molecule has 0 bridgehead atoms. The summed E-state index contributed by atoms with van der Waals surface area (Å²) >= 11 is 5.88. The molecular weight excluding hydrogens is 565 g/mol. The van der Waals surface area contributed by atoms with Crippen LogP contribution in [-0.2, 0) is 24.4 Å². The molecular formula is C20H25ClIN7O4. The summed E-state index contributed by atoms with van der Waals surface area (Å²) in [5.41, 5.74) is 13.0. The molecule has 178 valence electrons. The van der Waals surface area contributed by atoms with E-state index in [1.807, 2.05) is 34.3 Å². The molecule has 0 unspecified atom stereocenters. The quantitative estimate of drug-likeness (QED) is 0.171. The zero-order chi connectivity index (χ0) is 23.4. The average Bonchev–Trinajstić information content (AvgIpc) is 3.05. The lowest BCUT2D eigenvalue weighted by atomic mass is 10.2. The van der Waals surface area contributed by atoms with E-state index in [0.29, 0.717) is 25.3 Å². The molecule has 3 rings (SSSR count). The number of ether oxygens (including phenoxy) is 1.